The van der Waals surface area contributed by atoms with Crippen molar-refractivity contribution in [2.75, 3.05) is 6.79 Å². The first-order valence-corrected chi connectivity index (χ1v) is 11.8. The number of carbonyl (C=O) groups excluding carboxylic acids is 1. The normalized spacial score (nSPS) is 25.1. The van der Waals surface area contributed by atoms with E-state index in [0.29, 0.717) is 29.2 Å². The van der Waals surface area contributed by atoms with Crippen LogP contribution in [0.15, 0.2) is 59.5 Å². The number of sulfone groups is 1. The van der Waals surface area contributed by atoms with Gasteiger partial charge in [0.2, 0.25) is 12.7 Å². The third kappa shape index (κ3) is 3.37. The SMILES string of the molecule is O=C(C=Cc1ccc2c(c1)OCO2)N1C2CCC1CC(S(=O)(=O)c1ccccc1)C2. The lowest BCUT2D eigenvalue weighted by molar-refractivity contribution is -0.130. The Morgan fingerprint density at radius 2 is 1.67 bits per heavy atom. The predicted octanol–water partition coefficient (Wildman–Crippen LogP) is 3.42. The van der Waals surface area contributed by atoms with Crippen molar-refractivity contribution in [2.45, 2.75) is 47.9 Å². The number of ether oxygens (including phenoxy) is 2. The molecule has 0 aliphatic carbocycles. The number of nitrogens with zero attached hydrogens (tertiary/aromatic N) is 1. The van der Waals surface area contributed by atoms with Gasteiger partial charge in [-0.1, -0.05) is 24.3 Å². The Morgan fingerprint density at radius 3 is 2.40 bits per heavy atom. The molecule has 0 radical (unpaired) electrons. The summed E-state index contributed by atoms with van der Waals surface area (Å²) in [7, 11) is -3.38. The quantitative estimate of drug-likeness (QED) is 0.702. The van der Waals surface area contributed by atoms with Crippen LogP contribution in [-0.2, 0) is 14.6 Å². The topological polar surface area (TPSA) is 72.9 Å². The van der Waals surface area contributed by atoms with Gasteiger partial charge in [-0.05, 0) is 61.6 Å². The van der Waals surface area contributed by atoms with Crippen molar-refractivity contribution >= 4 is 21.8 Å². The lowest BCUT2D eigenvalue weighted by Crippen LogP contribution is -2.49. The highest BCUT2D eigenvalue weighted by Crippen LogP contribution is 2.40. The highest BCUT2D eigenvalue weighted by Gasteiger charge is 2.46. The molecule has 2 atom stereocenters. The van der Waals surface area contributed by atoms with Crippen molar-refractivity contribution in [1.82, 2.24) is 4.90 Å². The van der Waals surface area contributed by atoms with Crippen molar-refractivity contribution in [3.63, 3.8) is 0 Å². The van der Waals surface area contributed by atoms with E-state index in [1.54, 1.807) is 36.4 Å². The Morgan fingerprint density at radius 1 is 0.967 bits per heavy atom. The van der Waals surface area contributed by atoms with Crippen LogP contribution in [-0.4, -0.2) is 43.4 Å². The molecule has 2 aromatic rings. The van der Waals surface area contributed by atoms with E-state index < -0.39 is 15.1 Å². The van der Waals surface area contributed by atoms with Crippen LogP contribution in [0, 0.1) is 0 Å². The lowest BCUT2D eigenvalue weighted by Gasteiger charge is -2.38. The highest BCUT2D eigenvalue weighted by molar-refractivity contribution is 7.92. The summed E-state index contributed by atoms with van der Waals surface area (Å²) in [4.78, 5) is 15.2. The van der Waals surface area contributed by atoms with Crippen LogP contribution in [0.3, 0.4) is 0 Å². The van der Waals surface area contributed by atoms with E-state index in [1.165, 1.54) is 0 Å². The second kappa shape index (κ2) is 7.47. The number of piperidine rings is 1. The zero-order valence-electron chi connectivity index (χ0n) is 16.4. The molecule has 7 heteroatoms. The zero-order chi connectivity index (χ0) is 20.7. The number of fused-ring (bicyclic) bond motifs is 3. The molecule has 2 bridgehead atoms. The maximum atomic E-state index is 13.0. The minimum Gasteiger partial charge on any atom is -0.454 e. The standard InChI is InChI=1S/C23H23NO5S/c25-23(11-7-16-6-10-21-22(12-16)29-15-28-21)24-17-8-9-18(24)14-20(13-17)30(26,27)19-4-2-1-3-5-19/h1-7,10-12,17-18,20H,8-9,13-15H2. The van der Waals surface area contributed by atoms with Gasteiger partial charge in [0.1, 0.15) is 0 Å². The van der Waals surface area contributed by atoms with Gasteiger partial charge in [-0.25, -0.2) is 8.42 Å². The molecule has 0 N–H and O–H groups in total. The third-order valence-electron chi connectivity index (χ3n) is 6.27. The smallest absolute Gasteiger partial charge is 0.247 e. The minimum atomic E-state index is -3.38. The fourth-order valence-electron chi connectivity index (χ4n) is 4.81. The van der Waals surface area contributed by atoms with E-state index >= 15 is 0 Å². The molecule has 0 saturated carbocycles. The van der Waals surface area contributed by atoms with Gasteiger partial charge >= 0.3 is 0 Å². The van der Waals surface area contributed by atoms with Crippen molar-refractivity contribution in [3.8, 4) is 11.5 Å². The fraction of sp³-hybridized carbons (Fsp3) is 0.348. The maximum absolute atomic E-state index is 13.0. The van der Waals surface area contributed by atoms with Gasteiger partial charge in [-0.3, -0.25) is 4.79 Å². The van der Waals surface area contributed by atoms with Gasteiger partial charge < -0.3 is 14.4 Å². The molecular formula is C23H23NO5S. The summed E-state index contributed by atoms with van der Waals surface area (Å²) in [6, 6.07) is 14.1. The summed E-state index contributed by atoms with van der Waals surface area (Å²) < 4.78 is 36.8. The summed E-state index contributed by atoms with van der Waals surface area (Å²) in [5.41, 5.74) is 0.862. The van der Waals surface area contributed by atoms with Crippen molar-refractivity contribution in [1.29, 1.82) is 0 Å². The number of hydrogen-bond acceptors (Lipinski definition) is 5. The highest BCUT2D eigenvalue weighted by atomic mass is 32.2. The second-order valence-electron chi connectivity index (χ2n) is 8.03. The number of hydrogen-bond donors (Lipinski definition) is 0. The number of rotatable bonds is 4. The molecule has 6 nitrogen and oxygen atoms in total. The molecule has 0 spiro atoms. The van der Waals surface area contributed by atoms with Crippen LogP contribution < -0.4 is 9.47 Å². The average Bonchev–Trinajstić information content (AvgIpc) is 3.33. The minimum absolute atomic E-state index is 0.0267. The first-order chi connectivity index (χ1) is 14.5. The lowest BCUT2D eigenvalue weighted by atomic mass is 10.0. The Labute approximate surface area is 176 Å². The molecular weight excluding hydrogens is 402 g/mol. The second-order valence-corrected chi connectivity index (χ2v) is 10.3. The molecule has 0 aromatic heterocycles. The van der Waals surface area contributed by atoms with Gasteiger partial charge in [0, 0.05) is 18.2 Å². The van der Waals surface area contributed by atoms with Crippen molar-refractivity contribution < 1.29 is 22.7 Å². The van der Waals surface area contributed by atoms with Crippen LogP contribution in [0.5, 0.6) is 11.5 Å². The first-order valence-electron chi connectivity index (χ1n) is 10.2. The summed E-state index contributed by atoms with van der Waals surface area (Å²) in [6.07, 6.45) is 6.06. The maximum Gasteiger partial charge on any atom is 0.247 e. The van der Waals surface area contributed by atoms with Gasteiger partial charge in [0.05, 0.1) is 10.1 Å². The molecule has 2 fully saturated rings. The Hall–Kier alpha value is -2.80. The van der Waals surface area contributed by atoms with E-state index in [4.69, 9.17) is 9.47 Å². The van der Waals surface area contributed by atoms with Crippen molar-refractivity contribution in [2.24, 2.45) is 0 Å². The molecule has 156 valence electrons. The van der Waals surface area contributed by atoms with Crippen LogP contribution in [0.1, 0.15) is 31.2 Å². The zero-order valence-corrected chi connectivity index (χ0v) is 17.3. The molecule has 3 aliphatic heterocycles. The van der Waals surface area contributed by atoms with Gasteiger partial charge in [0.25, 0.3) is 0 Å². The van der Waals surface area contributed by atoms with Crippen LogP contribution >= 0.6 is 0 Å². The summed E-state index contributed by atoms with van der Waals surface area (Å²) in [5, 5.41) is -0.431. The molecule has 3 heterocycles. The van der Waals surface area contributed by atoms with Crippen molar-refractivity contribution in [3.05, 3.63) is 60.2 Å². The van der Waals surface area contributed by atoms with Gasteiger partial charge in [0.15, 0.2) is 21.3 Å². The Bertz CT molecular complexity index is 1080. The van der Waals surface area contributed by atoms with E-state index in [1.807, 2.05) is 29.2 Å². The van der Waals surface area contributed by atoms with E-state index in [9.17, 15) is 13.2 Å². The fourth-order valence-corrected chi connectivity index (χ4v) is 6.69. The Balaban J connectivity index is 1.30. The van der Waals surface area contributed by atoms with Gasteiger partial charge in [-0.15, -0.1) is 0 Å². The molecule has 5 rings (SSSR count). The first kappa shape index (κ1) is 19.2. The summed E-state index contributed by atoms with van der Waals surface area (Å²) in [6.45, 7) is 0.214. The number of benzene rings is 2. The largest absolute Gasteiger partial charge is 0.454 e. The van der Waals surface area contributed by atoms with Crippen LogP contribution in [0.4, 0.5) is 0 Å². The third-order valence-corrected chi connectivity index (χ3v) is 8.46. The molecule has 1 amide bonds. The average molecular weight is 426 g/mol. The van der Waals surface area contributed by atoms with E-state index in [0.717, 1.165) is 18.4 Å². The monoisotopic (exact) mass is 425 g/mol. The molecule has 2 saturated heterocycles. The molecule has 2 aromatic carbocycles. The number of amides is 1. The van der Waals surface area contributed by atoms with Gasteiger partial charge in [-0.2, -0.15) is 0 Å². The molecule has 30 heavy (non-hydrogen) atoms. The predicted molar refractivity (Wildman–Crippen MR) is 112 cm³/mol. The van der Waals surface area contributed by atoms with E-state index in [2.05, 4.69) is 0 Å². The summed E-state index contributed by atoms with van der Waals surface area (Å²) >= 11 is 0. The Kier molecular flexibility index (Phi) is 4.77. The summed E-state index contributed by atoms with van der Waals surface area (Å²) in [5.74, 6) is 1.32. The van der Waals surface area contributed by atoms with E-state index in [-0.39, 0.29) is 24.8 Å². The number of carbonyl (C=O) groups is 1. The van der Waals surface area contributed by atoms with Crippen LogP contribution in [0.2, 0.25) is 0 Å². The molecule has 3 aliphatic rings. The molecule has 2 unspecified atom stereocenters. The van der Waals surface area contributed by atoms with Crippen LogP contribution in [0.25, 0.3) is 6.08 Å².